The van der Waals surface area contributed by atoms with Gasteiger partial charge in [-0.05, 0) is 51.8 Å². The molecule has 0 saturated heterocycles. The van der Waals surface area contributed by atoms with Gasteiger partial charge in [-0.15, -0.1) is 0 Å². The Morgan fingerprint density at radius 2 is 1.78 bits per heavy atom. The first-order valence-electron chi connectivity index (χ1n) is 11.8. The summed E-state index contributed by atoms with van der Waals surface area (Å²) in [6.45, 7) is 9.13. The number of sulfonamides is 1. The van der Waals surface area contributed by atoms with Crippen LogP contribution in [0, 0.1) is 6.92 Å². The number of nitrogens with zero attached hydrogens (tertiary/aromatic N) is 2. The molecule has 36 heavy (non-hydrogen) atoms. The number of nitrogens with one attached hydrogen (secondary N) is 1. The van der Waals surface area contributed by atoms with Crippen molar-refractivity contribution in [2.45, 2.75) is 59.2 Å². The Morgan fingerprint density at radius 1 is 1.08 bits per heavy atom. The third-order valence-corrected chi connectivity index (χ3v) is 6.78. The van der Waals surface area contributed by atoms with Gasteiger partial charge in [-0.3, -0.25) is 13.9 Å². The predicted molar refractivity (Wildman–Crippen MR) is 138 cm³/mol. The van der Waals surface area contributed by atoms with Crippen LogP contribution in [0.2, 0.25) is 0 Å². The van der Waals surface area contributed by atoms with Gasteiger partial charge in [0.05, 0.1) is 11.9 Å². The second-order valence-electron chi connectivity index (χ2n) is 9.98. The maximum atomic E-state index is 13.8. The first-order chi connectivity index (χ1) is 16.8. The van der Waals surface area contributed by atoms with Gasteiger partial charge in [0, 0.05) is 18.2 Å². The normalized spacial score (nSPS) is 13.7. The van der Waals surface area contributed by atoms with Crippen molar-refractivity contribution in [2.24, 2.45) is 0 Å². The van der Waals surface area contributed by atoms with Gasteiger partial charge in [0.15, 0.2) is 11.5 Å². The average molecular weight is 518 g/mol. The SMILES string of the molecule is CCC(C(=O)NC(C)(C)C)N(Cc1cccc(C)c1)C(=O)CN(c1ccc2c(c1)OCO2)S(C)(=O)=O. The number of rotatable bonds is 9. The zero-order valence-electron chi connectivity index (χ0n) is 21.7. The van der Waals surface area contributed by atoms with Gasteiger partial charge in [-0.2, -0.15) is 0 Å². The summed E-state index contributed by atoms with van der Waals surface area (Å²) in [6, 6.07) is 11.6. The maximum absolute atomic E-state index is 13.8. The van der Waals surface area contributed by atoms with Crippen LogP contribution in [0.15, 0.2) is 42.5 Å². The number of aryl methyl sites for hydroxylation is 1. The number of hydrogen-bond donors (Lipinski definition) is 1. The Labute approximate surface area is 213 Å². The molecule has 3 rings (SSSR count). The molecule has 0 bridgehead atoms. The standard InChI is InChI=1S/C26H35N3O6S/c1-7-21(25(31)27-26(3,4)5)28(15-19-10-8-9-18(2)13-19)24(30)16-29(36(6,32)33)20-11-12-22-23(14-20)35-17-34-22/h8-14,21H,7,15-17H2,1-6H3,(H,27,31). The van der Waals surface area contributed by atoms with E-state index in [0.29, 0.717) is 17.9 Å². The number of fused-ring (bicyclic) bond motifs is 1. The van der Waals surface area contributed by atoms with Crippen LogP contribution in [0.3, 0.4) is 0 Å². The molecule has 1 N–H and O–H groups in total. The lowest BCUT2D eigenvalue weighted by molar-refractivity contribution is -0.141. The molecule has 0 fully saturated rings. The van der Waals surface area contributed by atoms with Crippen molar-refractivity contribution in [2.75, 3.05) is 23.9 Å². The highest BCUT2D eigenvalue weighted by molar-refractivity contribution is 7.92. The van der Waals surface area contributed by atoms with E-state index in [2.05, 4.69) is 5.32 Å². The Kier molecular flexibility index (Phi) is 8.18. The molecule has 0 radical (unpaired) electrons. The van der Waals surface area contributed by atoms with E-state index in [1.54, 1.807) is 12.1 Å². The highest BCUT2D eigenvalue weighted by atomic mass is 32.2. The summed E-state index contributed by atoms with van der Waals surface area (Å²) in [5.41, 5.74) is 1.65. The quantitative estimate of drug-likeness (QED) is 0.548. The first-order valence-corrected chi connectivity index (χ1v) is 13.7. The molecule has 0 aliphatic carbocycles. The number of carbonyl (C=O) groups is 2. The molecule has 9 nitrogen and oxygen atoms in total. The fourth-order valence-electron chi connectivity index (χ4n) is 4.03. The topological polar surface area (TPSA) is 105 Å². The van der Waals surface area contributed by atoms with E-state index in [1.165, 1.54) is 11.0 Å². The van der Waals surface area contributed by atoms with Gasteiger partial charge in [0.1, 0.15) is 12.6 Å². The summed E-state index contributed by atoms with van der Waals surface area (Å²) >= 11 is 0. The van der Waals surface area contributed by atoms with E-state index in [1.807, 2.05) is 58.9 Å². The van der Waals surface area contributed by atoms with Crippen molar-refractivity contribution in [3.63, 3.8) is 0 Å². The van der Waals surface area contributed by atoms with E-state index in [0.717, 1.165) is 21.7 Å². The van der Waals surface area contributed by atoms with Crippen LogP contribution in [0.5, 0.6) is 11.5 Å². The maximum Gasteiger partial charge on any atom is 0.244 e. The summed E-state index contributed by atoms with van der Waals surface area (Å²) in [6.07, 6.45) is 1.40. The highest BCUT2D eigenvalue weighted by Crippen LogP contribution is 2.36. The Hall–Kier alpha value is -3.27. The lowest BCUT2D eigenvalue weighted by Crippen LogP contribution is -2.55. The number of ether oxygens (including phenoxy) is 2. The van der Waals surface area contributed by atoms with Gasteiger partial charge < -0.3 is 19.7 Å². The summed E-state index contributed by atoms with van der Waals surface area (Å²) in [4.78, 5) is 28.4. The van der Waals surface area contributed by atoms with Crippen LogP contribution < -0.4 is 19.1 Å². The van der Waals surface area contributed by atoms with Crippen LogP contribution in [-0.2, 0) is 26.2 Å². The van der Waals surface area contributed by atoms with Crippen molar-refractivity contribution >= 4 is 27.5 Å². The smallest absolute Gasteiger partial charge is 0.244 e. The van der Waals surface area contributed by atoms with E-state index >= 15 is 0 Å². The molecular formula is C26H35N3O6S. The van der Waals surface area contributed by atoms with Gasteiger partial charge in [0.2, 0.25) is 28.6 Å². The molecule has 0 spiro atoms. The van der Waals surface area contributed by atoms with E-state index < -0.39 is 34.1 Å². The Morgan fingerprint density at radius 3 is 2.39 bits per heavy atom. The second kappa shape index (κ2) is 10.8. The fourth-order valence-corrected chi connectivity index (χ4v) is 4.88. The zero-order chi connectivity index (χ0) is 26.7. The molecule has 1 unspecified atom stereocenters. The minimum atomic E-state index is -3.84. The van der Waals surface area contributed by atoms with Gasteiger partial charge in [0.25, 0.3) is 0 Å². The van der Waals surface area contributed by atoms with Crippen molar-refractivity contribution in [1.82, 2.24) is 10.2 Å². The number of hydrogen-bond acceptors (Lipinski definition) is 6. The first kappa shape index (κ1) is 27.3. The summed E-state index contributed by atoms with van der Waals surface area (Å²) < 4.78 is 37.2. The largest absolute Gasteiger partial charge is 0.454 e. The Balaban J connectivity index is 1.96. The summed E-state index contributed by atoms with van der Waals surface area (Å²) in [5, 5.41) is 2.95. The summed E-state index contributed by atoms with van der Waals surface area (Å²) in [5.74, 6) is 0.126. The third kappa shape index (κ3) is 6.90. The predicted octanol–water partition coefficient (Wildman–Crippen LogP) is 3.21. The van der Waals surface area contributed by atoms with Gasteiger partial charge in [-0.25, -0.2) is 8.42 Å². The molecule has 196 valence electrons. The molecule has 0 saturated carbocycles. The summed E-state index contributed by atoms with van der Waals surface area (Å²) in [7, 11) is -3.84. The fraction of sp³-hybridized carbons (Fsp3) is 0.462. The van der Waals surface area contributed by atoms with Crippen LogP contribution in [-0.4, -0.2) is 56.3 Å². The lowest BCUT2D eigenvalue weighted by Gasteiger charge is -2.34. The average Bonchev–Trinajstić information content (AvgIpc) is 3.23. The van der Waals surface area contributed by atoms with Crippen molar-refractivity contribution in [3.8, 4) is 11.5 Å². The monoisotopic (exact) mass is 517 g/mol. The molecule has 1 aliphatic rings. The van der Waals surface area contributed by atoms with Gasteiger partial charge >= 0.3 is 0 Å². The van der Waals surface area contributed by atoms with Crippen molar-refractivity contribution in [3.05, 3.63) is 53.6 Å². The van der Waals surface area contributed by atoms with E-state index in [4.69, 9.17) is 9.47 Å². The molecule has 1 heterocycles. The minimum absolute atomic E-state index is 0.0436. The Bertz CT molecular complexity index is 1220. The molecule has 0 aromatic heterocycles. The van der Waals surface area contributed by atoms with Crippen LogP contribution in [0.4, 0.5) is 5.69 Å². The van der Waals surface area contributed by atoms with Crippen LogP contribution in [0.25, 0.3) is 0 Å². The molecule has 10 heteroatoms. The molecular weight excluding hydrogens is 482 g/mol. The molecule has 1 atom stereocenters. The highest BCUT2D eigenvalue weighted by Gasteiger charge is 2.33. The van der Waals surface area contributed by atoms with E-state index in [9.17, 15) is 18.0 Å². The second-order valence-corrected chi connectivity index (χ2v) is 11.9. The van der Waals surface area contributed by atoms with Gasteiger partial charge in [-0.1, -0.05) is 36.8 Å². The number of benzene rings is 2. The molecule has 1 aliphatic heterocycles. The number of amides is 2. The molecule has 2 aromatic carbocycles. The minimum Gasteiger partial charge on any atom is -0.454 e. The van der Waals surface area contributed by atoms with Crippen molar-refractivity contribution in [1.29, 1.82) is 0 Å². The zero-order valence-corrected chi connectivity index (χ0v) is 22.5. The lowest BCUT2D eigenvalue weighted by atomic mass is 10.0. The molecule has 2 aromatic rings. The third-order valence-electron chi connectivity index (χ3n) is 5.64. The van der Waals surface area contributed by atoms with E-state index in [-0.39, 0.29) is 24.9 Å². The molecule has 2 amide bonds. The van der Waals surface area contributed by atoms with Crippen LogP contribution >= 0.6 is 0 Å². The van der Waals surface area contributed by atoms with Crippen LogP contribution in [0.1, 0.15) is 45.2 Å². The number of anilines is 1. The number of carbonyl (C=O) groups excluding carboxylic acids is 2. The van der Waals surface area contributed by atoms with Crippen molar-refractivity contribution < 1.29 is 27.5 Å².